The first-order valence-electron chi connectivity index (χ1n) is 5.64. The minimum Gasteiger partial charge on any atom is -0.0591 e. The van der Waals surface area contributed by atoms with Gasteiger partial charge in [-0.15, -0.1) is 0 Å². The normalized spacial score (nSPS) is 8.71. The second-order valence-corrected chi connectivity index (χ2v) is 4.31. The molecular formula is C16H20Co. The summed E-state index contributed by atoms with van der Waals surface area (Å²) in [5, 5.41) is 0. The Morgan fingerprint density at radius 3 is 0.647 bits per heavy atom. The van der Waals surface area contributed by atoms with Crippen LogP contribution in [-0.2, 0) is 16.8 Å². The van der Waals surface area contributed by atoms with Crippen molar-refractivity contribution in [3.63, 3.8) is 0 Å². The van der Waals surface area contributed by atoms with Crippen LogP contribution in [0.5, 0.6) is 0 Å². The molecule has 0 aliphatic carbocycles. The fourth-order valence-electron chi connectivity index (χ4n) is 1.27. The van der Waals surface area contributed by atoms with Crippen LogP contribution in [0, 0.1) is 27.7 Å². The molecule has 0 saturated carbocycles. The molecular weight excluding hydrogens is 251 g/mol. The molecule has 0 aromatic heterocycles. The molecule has 0 aliphatic rings. The number of aryl methyl sites for hydroxylation is 4. The SMILES string of the molecule is Cc1ccc(C)cc1.Cc1ccc(C)cc1.[Co]. The van der Waals surface area contributed by atoms with E-state index in [1.807, 2.05) is 0 Å². The van der Waals surface area contributed by atoms with Crippen molar-refractivity contribution in [2.24, 2.45) is 0 Å². The van der Waals surface area contributed by atoms with Crippen molar-refractivity contribution in [3.05, 3.63) is 70.8 Å². The number of hydrogen-bond donors (Lipinski definition) is 0. The molecule has 0 N–H and O–H groups in total. The van der Waals surface area contributed by atoms with Crippen LogP contribution in [0.4, 0.5) is 0 Å². The standard InChI is InChI=1S/2C8H10.Co/c2*1-7-3-5-8(2)6-4-7;/h2*3-6H,1-2H3;. The Morgan fingerprint density at radius 1 is 0.412 bits per heavy atom. The molecule has 0 heterocycles. The van der Waals surface area contributed by atoms with Gasteiger partial charge >= 0.3 is 0 Å². The maximum absolute atomic E-state index is 2.12. The van der Waals surface area contributed by atoms with Gasteiger partial charge in [0.15, 0.2) is 0 Å². The second-order valence-electron chi connectivity index (χ2n) is 4.31. The Morgan fingerprint density at radius 2 is 0.529 bits per heavy atom. The van der Waals surface area contributed by atoms with Gasteiger partial charge in [-0.1, -0.05) is 70.8 Å². The molecule has 2 aromatic carbocycles. The van der Waals surface area contributed by atoms with Crippen LogP contribution >= 0.6 is 0 Å². The van der Waals surface area contributed by atoms with Crippen LogP contribution in [0.25, 0.3) is 0 Å². The number of benzene rings is 2. The summed E-state index contributed by atoms with van der Waals surface area (Å²) in [6.07, 6.45) is 0. The van der Waals surface area contributed by atoms with Crippen molar-refractivity contribution < 1.29 is 16.8 Å². The summed E-state index contributed by atoms with van der Waals surface area (Å²) in [7, 11) is 0. The molecule has 1 radical (unpaired) electrons. The zero-order chi connectivity index (χ0) is 12.0. The molecule has 2 rings (SSSR count). The van der Waals surface area contributed by atoms with E-state index in [0.717, 1.165) is 0 Å². The Bertz CT molecular complexity index is 327. The van der Waals surface area contributed by atoms with Crippen LogP contribution in [0.1, 0.15) is 22.3 Å². The Balaban J connectivity index is 0.000000284. The average molecular weight is 271 g/mol. The zero-order valence-electron chi connectivity index (χ0n) is 11.0. The molecule has 17 heavy (non-hydrogen) atoms. The van der Waals surface area contributed by atoms with Crippen LogP contribution in [0.15, 0.2) is 48.5 Å². The van der Waals surface area contributed by atoms with E-state index in [9.17, 15) is 0 Å². The van der Waals surface area contributed by atoms with Crippen molar-refractivity contribution in [1.29, 1.82) is 0 Å². The smallest absolute Gasteiger partial charge is 0 e. The first-order valence-corrected chi connectivity index (χ1v) is 5.64. The number of hydrogen-bond acceptors (Lipinski definition) is 0. The minimum absolute atomic E-state index is 0. The molecule has 0 spiro atoms. The van der Waals surface area contributed by atoms with E-state index in [4.69, 9.17) is 0 Å². The van der Waals surface area contributed by atoms with Gasteiger partial charge in [-0.2, -0.15) is 0 Å². The minimum atomic E-state index is 0. The Kier molecular flexibility index (Phi) is 7.60. The summed E-state index contributed by atoms with van der Waals surface area (Å²) >= 11 is 0. The van der Waals surface area contributed by atoms with Gasteiger partial charge in [-0.05, 0) is 27.7 Å². The quantitative estimate of drug-likeness (QED) is 0.656. The van der Waals surface area contributed by atoms with E-state index in [2.05, 4.69) is 76.2 Å². The molecule has 93 valence electrons. The van der Waals surface area contributed by atoms with Gasteiger partial charge in [-0.25, -0.2) is 0 Å². The predicted molar refractivity (Wildman–Crippen MR) is 71.8 cm³/mol. The van der Waals surface area contributed by atoms with Crippen molar-refractivity contribution in [2.45, 2.75) is 27.7 Å². The van der Waals surface area contributed by atoms with Gasteiger partial charge in [-0.3, -0.25) is 0 Å². The summed E-state index contributed by atoms with van der Waals surface area (Å²) in [6.45, 7) is 8.39. The summed E-state index contributed by atoms with van der Waals surface area (Å²) in [4.78, 5) is 0. The van der Waals surface area contributed by atoms with Crippen molar-refractivity contribution in [2.75, 3.05) is 0 Å². The molecule has 0 atom stereocenters. The molecule has 0 aliphatic heterocycles. The van der Waals surface area contributed by atoms with Gasteiger partial charge in [0.25, 0.3) is 0 Å². The van der Waals surface area contributed by atoms with Gasteiger partial charge in [0.1, 0.15) is 0 Å². The summed E-state index contributed by atoms with van der Waals surface area (Å²) < 4.78 is 0. The van der Waals surface area contributed by atoms with Gasteiger partial charge in [0, 0.05) is 16.8 Å². The van der Waals surface area contributed by atoms with Gasteiger partial charge < -0.3 is 0 Å². The largest absolute Gasteiger partial charge is 0.0591 e. The van der Waals surface area contributed by atoms with Crippen LogP contribution < -0.4 is 0 Å². The molecule has 0 bridgehead atoms. The van der Waals surface area contributed by atoms with E-state index in [-0.39, 0.29) is 16.8 Å². The van der Waals surface area contributed by atoms with E-state index in [0.29, 0.717) is 0 Å². The zero-order valence-corrected chi connectivity index (χ0v) is 12.0. The Hall–Kier alpha value is -1.05. The second kappa shape index (κ2) is 8.10. The summed E-state index contributed by atoms with van der Waals surface area (Å²) in [5.41, 5.74) is 5.32. The van der Waals surface area contributed by atoms with Gasteiger partial charge in [0.2, 0.25) is 0 Å². The fourth-order valence-corrected chi connectivity index (χ4v) is 1.27. The summed E-state index contributed by atoms with van der Waals surface area (Å²) in [5.74, 6) is 0. The molecule has 0 amide bonds. The molecule has 0 nitrogen and oxygen atoms in total. The third-order valence-electron chi connectivity index (χ3n) is 2.44. The van der Waals surface area contributed by atoms with Crippen LogP contribution in [0.3, 0.4) is 0 Å². The maximum atomic E-state index is 2.12. The summed E-state index contributed by atoms with van der Waals surface area (Å²) in [6, 6.07) is 17.0. The third-order valence-corrected chi connectivity index (χ3v) is 2.44. The van der Waals surface area contributed by atoms with E-state index < -0.39 is 0 Å². The molecule has 0 fully saturated rings. The fraction of sp³-hybridized carbons (Fsp3) is 0.250. The molecule has 2 aromatic rings. The van der Waals surface area contributed by atoms with Crippen molar-refractivity contribution in [1.82, 2.24) is 0 Å². The molecule has 0 saturated heterocycles. The van der Waals surface area contributed by atoms with Crippen molar-refractivity contribution >= 4 is 0 Å². The van der Waals surface area contributed by atoms with Crippen LogP contribution in [-0.4, -0.2) is 0 Å². The molecule has 0 unspecified atom stereocenters. The Labute approximate surface area is 115 Å². The van der Waals surface area contributed by atoms with Gasteiger partial charge in [0.05, 0.1) is 0 Å². The van der Waals surface area contributed by atoms with E-state index >= 15 is 0 Å². The first kappa shape index (κ1) is 15.9. The topological polar surface area (TPSA) is 0 Å². The molecule has 1 heteroatoms. The maximum Gasteiger partial charge on any atom is 0 e. The number of rotatable bonds is 0. The predicted octanol–water partition coefficient (Wildman–Crippen LogP) is 4.60. The van der Waals surface area contributed by atoms with E-state index in [1.54, 1.807) is 0 Å². The monoisotopic (exact) mass is 271 g/mol. The van der Waals surface area contributed by atoms with Crippen LogP contribution in [0.2, 0.25) is 0 Å². The third kappa shape index (κ3) is 6.98. The first-order chi connectivity index (χ1) is 7.58. The van der Waals surface area contributed by atoms with E-state index in [1.165, 1.54) is 22.3 Å². The average Bonchev–Trinajstić information content (AvgIpc) is 2.28. The van der Waals surface area contributed by atoms with Crippen molar-refractivity contribution in [3.8, 4) is 0 Å².